The van der Waals surface area contributed by atoms with Crippen LogP contribution in [0.1, 0.15) is 52.7 Å². The number of hydrogen-bond donors (Lipinski definition) is 3. The summed E-state index contributed by atoms with van der Waals surface area (Å²) in [5.74, 6) is 2.60. The van der Waals surface area contributed by atoms with Gasteiger partial charge >= 0.3 is 6.09 Å². The molecule has 3 N–H and O–H groups in total. The summed E-state index contributed by atoms with van der Waals surface area (Å²) in [5, 5.41) is 17.7. The minimum absolute atomic E-state index is 0. The number of aromatic nitrogens is 3. The number of guanidine groups is 1. The molecule has 0 saturated heterocycles. The number of halogens is 1. The first kappa shape index (κ1) is 23.4. The maximum Gasteiger partial charge on any atom is 0.408 e. The minimum Gasteiger partial charge on any atom is -0.444 e. The van der Waals surface area contributed by atoms with Crippen LogP contribution in [0.25, 0.3) is 0 Å². The van der Waals surface area contributed by atoms with E-state index in [0.717, 1.165) is 31.0 Å². The van der Waals surface area contributed by atoms with Crippen LogP contribution in [0.5, 0.6) is 0 Å². The van der Waals surface area contributed by atoms with Crippen LogP contribution in [0.15, 0.2) is 4.99 Å². The number of ether oxygens (including phenoxy) is 1. The first-order chi connectivity index (χ1) is 12.1. The number of fused-ring (bicyclic) bond motifs is 1. The predicted molar refractivity (Wildman–Crippen MR) is 115 cm³/mol. The summed E-state index contributed by atoms with van der Waals surface area (Å²) in [5.41, 5.74) is -1.03. The van der Waals surface area contributed by atoms with Gasteiger partial charge in [0.25, 0.3) is 0 Å². The molecule has 1 aliphatic rings. The van der Waals surface area contributed by atoms with Gasteiger partial charge in [0.05, 0.1) is 12.1 Å². The molecule has 0 aliphatic carbocycles. The molecular weight excluding hydrogens is 461 g/mol. The SMILES string of the molecule is CN=C(NCc1nnc2n1CCC2)NCC(C)(C)NC(=O)OC(C)(C)C.I. The lowest BCUT2D eigenvalue weighted by atomic mass is 10.1. The van der Waals surface area contributed by atoms with Crippen molar-refractivity contribution in [1.29, 1.82) is 0 Å². The molecule has 27 heavy (non-hydrogen) atoms. The Kier molecular flexibility index (Phi) is 8.30. The summed E-state index contributed by atoms with van der Waals surface area (Å²) in [7, 11) is 1.71. The molecule has 0 radical (unpaired) electrons. The van der Waals surface area contributed by atoms with Crippen molar-refractivity contribution in [2.75, 3.05) is 13.6 Å². The second-order valence-electron chi connectivity index (χ2n) is 8.08. The third-order valence-corrected chi connectivity index (χ3v) is 3.86. The fraction of sp³-hybridized carbons (Fsp3) is 0.765. The van der Waals surface area contributed by atoms with Crippen LogP contribution in [0.2, 0.25) is 0 Å². The van der Waals surface area contributed by atoms with E-state index in [-0.39, 0.29) is 24.0 Å². The zero-order chi connectivity index (χ0) is 19.4. The Morgan fingerprint density at radius 3 is 2.56 bits per heavy atom. The number of carbonyl (C=O) groups excluding carboxylic acids is 1. The topological polar surface area (TPSA) is 105 Å². The van der Waals surface area contributed by atoms with E-state index < -0.39 is 17.2 Å². The van der Waals surface area contributed by atoms with Gasteiger partial charge in [0.1, 0.15) is 11.4 Å². The van der Waals surface area contributed by atoms with E-state index in [4.69, 9.17) is 4.74 Å². The summed E-state index contributed by atoms with van der Waals surface area (Å²) in [6.07, 6.45) is 1.67. The van der Waals surface area contributed by atoms with Gasteiger partial charge in [-0.3, -0.25) is 4.99 Å². The van der Waals surface area contributed by atoms with Gasteiger partial charge in [-0.05, 0) is 41.0 Å². The molecule has 2 rings (SSSR count). The zero-order valence-corrected chi connectivity index (χ0v) is 19.4. The van der Waals surface area contributed by atoms with E-state index in [0.29, 0.717) is 19.0 Å². The van der Waals surface area contributed by atoms with Gasteiger partial charge in [0.2, 0.25) is 0 Å². The van der Waals surface area contributed by atoms with Gasteiger partial charge in [0, 0.05) is 26.6 Å². The number of aryl methyl sites for hydroxylation is 1. The van der Waals surface area contributed by atoms with Gasteiger partial charge in [-0.2, -0.15) is 0 Å². The standard InChI is InChI=1S/C17H31N7O2.HI/c1-16(2,3)26-15(25)21-17(4,5)11-20-14(18-6)19-10-13-23-22-12-8-7-9-24(12)13;/h7-11H2,1-6H3,(H,21,25)(H2,18,19,20);1H. The fourth-order valence-corrected chi connectivity index (χ4v) is 2.65. The second kappa shape index (κ2) is 9.56. The van der Waals surface area contributed by atoms with Crippen molar-refractivity contribution in [3.63, 3.8) is 0 Å². The molecule has 0 unspecified atom stereocenters. The van der Waals surface area contributed by atoms with E-state index in [1.807, 2.05) is 34.6 Å². The molecule has 154 valence electrons. The lowest BCUT2D eigenvalue weighted by Crippen LogP contribution is -2.54. The molecule has 0 fully saturated rings. The minimum atomic E-state index is -0.524. The number of alkyl carbamates (subject to hydrolysis) is 1. The lowest BCUT2D eigenvalue weighted by molar-refractivity contribution is 0.0474. The summed E-state index contributed by atoms with van der Waals surface area (Å²) in [6.45, 7) is 11.4. The van der Waals surface area contributed by atoms with Gasteiger partial charge in [-0.1, -0.05) is 0 Å². The molecule has 10 heteroatoms. The van der Waals surface area contributed by atoms with Crippen LogP contribution >= 0.6 is 24.0 Å². The third kappa shape index (κ3) is 7.51. The van der Waals surface area contributed by atoms with E-state index in [1.54, 1.807) is 7.05 Å². The maximum absolute atomic E-state index is 12.0. The highest BCUT2D eigenvalue weighted by Crippen LogP contribution is 2.13. The summed E-state index contributed by atoms with van der Waals surface area (Å²) in [6, 6.07) is 0. The summed E-state index contributed by atoms with van der Waals surface area (Å²) in [4.78, 5) is 16.2. The Morgan fingerprint density at radius 2 is 1.93 bits per heavy atom. The Bertz CT molecular complexity index is 665. The third-order valence-electron chi connectivity index (χ3n) is 3.86. The quantitative estimate of drug-likeness (QED) is 0.328. The highest BCUT2D eigenvalue weighted by atomic mass is 127. The summed E-state index contributed by atoms with van der Waals surface area (Å²) < 4.78 is 7.45. The molecule has 0 spiro atoms. The van der Waals surface area contributed by atoms with Crippen LogP contribution in [-0.2, 0) is 24.2 Å². The predicted octanol–water partition coefficient (Wildman–Crippen LogP) is 1.81. The van der Waals surface area contributed by atoms with Crippen LogP contribution in [0.4, 0.5) is 4.79 Å². The number of nitrogens with zero attached hydrogens (tertiary/aromatic N) is 4. The van der Waals surface area contributed by atoms with Crippen LogP contribution in [0, 0.1) is 0 Å². The van der Waals surface area contributed by atoms with Gasteiger partial charge < -0.3 is 25.3 Å². The molecule has 1 aromatic rings. The maximum atomic E-state index is 12.0. The van der Waals surface area contributed by atoms with E-state index in [1.165, 1.54) is 0 Å². The average Bonchev–Trinajstić information content (AvgIpc) is 3.08. The van der Waals surface area contributed by atoms with Gasteiger partial charge in [-0.25, -0.2) is 4.79 Å². The van der Waals surface area contributed by atoms with Crippen molar-refractivity contribution < 1.29 is 9.53 Å². The number of nitrogens with one attached hydrogen (secondary N) is 3. The monoisotopic (exact) mass is 493 g/mol. The second-order valence-corrected chi connectivity index (χ2v) is 8.08. The van der Waals surface area contributed by atoms with Crippen LogP contribution < -0.4 is 16.0 Å². The van der Waals surface area contributed by atoms with Crippen molar-refractivity contribution in [2.24, 2.45) is 4.99 Å². The summed E-state index contributed by atoms with van der Waals surface area (Å²) >= 11 is 0. The van der Waals surface area contributed by atoms with Gasteiger partial charge in [-0.15, -0.1) is 34.2 Å². The lowest BCUT2D eigenvalue weighted by Gasteiger charge is -2.29. The molecule has 2 heterocycles. The number of hydrogen-bond acceptors (Lipinski definition) is 5. The Hall–Kier alpha value is -1.59. The smallest absolute Gasteiger partial charge is 0.408 e. The van der Waals surface area contributed by atoms with Crippen molar-refractivity contribution in [3.05, 3.63) is 11.6 Å². The molecular formula is C17H32IN7O2. The van der Waals surface area contributed by atoms with E-state index >= 15 is 0 Å². The van der Waals surface area contributed by atoms with Gasteiger partial charge in [0.15, 0.2) is 11.8 Å². The van der Waals surface area contributed by atoms with Crippen LogP contribution in [-0.4, -0.2) is 51.5 Å². The molecule has 0 bridgehead atoms. The highest BCUT2D eigenvalue weighted by molar-refractivity contribution is 14.0. The number of amides is 1. The van der Waals surface area contributed by atoms with Crippen molar-refractivity contribution in [1.82, 2.24) is 30.7 Å². The molecule has 1 aromatic heterocycles. The van der Waals surface area contributed by atoms with E-state index in [2.05, 4.69) is 35.7 Å². The normalized spacial score (nSPS) is 14.2. The fourth-order valence-electron chi connectivity index (χ4n) is 2.65. The first-order valence-electron chi connectivity index (χ1n) is 8.96. The van der Waals surface area contributed by atoms with E-state index in [9.17, 15) is 4.79 Å². The molecule has 0 aromatic carbocycles. The molecule has 1 amide bonds. The Balaban J connectivity index is 0.00000364. The molecule has 0 saturated carbocycles. The number of carbonyl (C=O) groups is 1. The molecule has 1 aliphatic heterocycles. The van der Waals surface area contributed by atoms with Crippen molar-refractivity contribution >= 4 is 36.0 Å². The molecule has 0 atom stereocenters. The molecule has 9 nitrogen and oxygen atoms in total. The largest absolute Gasteiger partial charge is 0.444 e. The Labute approximate surface area is 178 Å². The zero-order valence-electron chi connectivity index (χ0n) is 17.0. The Morgan fingerprint density at radius 1 is 1.22 bits per heavy atom. The van der Waals surface area contributed by atoms with Crippen LogP contribution in [0.3, 0.4) is 0 Å². The number of rotatable bonds is 5. The highest BCUT2D eigenvalue weighted by Gasteiger charge is 2.25. The average molecular weight is 493 g/mol. The van der Waals surface area contributed by atoms with Crippen molar-refractivity contribution in [3.8, 4) is 0 Å². The number of aliphatic imine (C=N–C) groups is 1. The van der Waals surface area contributed by atoms with Crippen molar-refractivity contribution in [2.45, 2.75) is 71.7 Å². The first-order valence-corrected chi connectivity index (χ1v) is 8.96.